The Labute approximate surface area is 139 Å². The molecule has 0 radical (unpaired) electrons. The highest BCUT2D eigenvalue weighted by molar-refractivity contribution is 9.10. The molecule has 4 nitrogen and oxygen atoms in total. The van der Waals surface area contributed by atoms with Crippen LogP contribution >= 0.6 is 27.7 Å². The molecule has 0 bridgehead atoms. The molecule has 0 saturated carbocycles. The van der Waals surface area contributed by atoms with Gasteiger partial charge in [0.05, 0.1) is 11.3 Å². The van der Waals surface area contributed by atoms with Crippen LogP contribution in [0.25, 0.3) is 0 Å². The van der Waals surface area contributed by atoms with E-state index in [-0.39, 0.29) is 11.6 Å². The Bertz CT molecular complexity index is 697. The second-order valence-corrected chi connectivity index (χ2v) is 6.07. The number of benzene rings is 2. The first-order valence-corrected chi connectivity index (χ1v) is 8.07. The number of nitrogens with one attached hydrogen (secondary N) is 2. The maximum atomic E-state index is 13.4. The minimum absolute atomic E-state index is 0.00280. The predicted octanol–water partition coefficient (Wildman–Crippen LogP) is 3.14. The highest BCUT2D eigenvalue weighted by atomic mass is 79.9. The van der Waals surface area contributed by atoms with Crippen LogP contribution in [-0.4, -0.2) is 17.6 Å². The molecule has 2 rings (SSSR count). The number of halogens is 2. The fourth-order valence-corrected chi connectivity index (χ4v) is 2.78. The third-order valence-corrected chi connectivity index (χ3v) is 4.37. The zero-order chi connectivity index (χ0) is 15.9. The second-order valence-electron chi connectivity index (χ2n) is 4.20. The first-order valence-electron chi connectivity index (χ1n) is 6.29. The predicted molar refractivity (Wildman–Crippen MR) is 86.9 cm³/mol. The number of rotatable bonds is 4. The molecule has 2 aromatic carbocycles. The molecule has 2 amide bonds. The molecule has 2 aromatic rings. The van der Waals surface area contributed by atoms with Gasteiger partial charge in [-0.15, -0.1) is 11.8 Å². The molecule has 0 fully saturated rings. The van der Waals surface area contributed by atoms with E-state index in [9.17, 15) is 14.0 Å². The molecule has 7 heteroatoms. The van der Waals surface area contributed by atoms with Crippen molar-refractivity contribution in [2.75, 3.05) is 5.75 Å². The second kappa shape index (κ2) is 7.95. The average Bonchev–Trinajstić information content (AvgIpc) is 2.52. The number of amides is 2. The molecule has 0 aliphatic heterocycles. The molecular formula is C15H12BrFN2O2S. The van der Waals surface area contributed by atoms with Crippen LogP contribution in [0, 0.1) is 5.82 Å². The Morgan fingerprint density at radius 2 is 1.73 bits per heavy atom. The first-order chi connectivity index (χ1) is 10.6. The van der Waals surface area contributed by atoms with E-state index in [2.05, 4.69) is 26.8 Å². The zero-order valence-corrected chi connectivity index (χ0v) is 13.7. The van der Waals surface area contributed by atoms with E-state index in [1.807, 2.05) is 0 Å². The van der Waals surface area contributed by atoms with Crippen LogP contribution in [0.4, 0.5) is 4.39 Å². The lowest BCUT2D eigenvalue weighted by Crippen LogP contribution is -2.42. The standard InChI is InChI=1S/C15H12BrFN2O2S/c16-11-6-2-1-5-10(11)15(21)19-18-14(20)9-22-13-8-4-3-7-12(13)17/h1-8H,9H2,(H,18,20)(H,19,21). The SMILES string of the molecule is O=C(CSc1ccccc1F)NNC(=O)c1ccccc1Br. The van der Waals surface area contributed by atoms with Crippen molar-refractivity contribution in [1.82, 2.24) is 10.9 Å². The summed E-state index contributed by atoms with van der Waals surface area (Å²) in [5, 5.41) is 0. The summed E-state index contributed by atoms with van der Waals surface area (Å²) in [6.45, 7) is 0. The molecule has 114 valence electrons. The molecular weight excluding hydrogens is 371 g/mol. The van der Waals surface area contributed by atoms with Crippen LogP contribution in [0.15, 0.2) is 57.9 Å². The topological polar surface area (TPSA) is 58.2 Å². The van der Waals surface area contributed by atoms with Gasteiger partial charge in [0.25, 0.3) is 5.91 Å². The van der Waals surface area contributed by atoms with Crippen molar-refractivity contribution in [2.45, 2.75) is 4.90 Å². The Morgan fingerprint density at radius 1 is 1.05 bits per heavy atom. The molecule has 0 saturated heterocycles. The number of thioether (sulfide) groups is 1. The smallest absolute Gasteiger partial charge is 0.270 e. The van der Waals surface area contributed by atoms with E-state index in [1.54, 1.807) is 42.5 Å². The van der Waals surface area contributed by atoms with Gasteiger partial charge >= 0.3 is 0 Å². The summed E-state index contributed by atoms with van der Waals surface area (Å²) < 4.78 is 14.0. The number of hydrazine groups is 1. The van der Waals surface area contributed by atoms with Crippen molar-refractivity contribution < 1.29 is 14.0 Å². The Balaban J connectivity index is 1.82. The Morgan fingerprint density at radius 3 is 2.45 bits per heavy atom. The summed E-state index contributed by atoms with van der Waals surface area (Å²) in [7, 11) is 0. The average molecular weight is 383 g/mol. The molecule has 0 aliphatic rings. The minimum atomic E-state index is -0.434. The molecule has 0 heterocycles. The minimum Gasteiger partial charge on any atom is -0.272 e. The van der Waals surface area contributed by atoms with Gasteiger partial charge in [0.2, 0.25) is 5.91 Å². The van der Waals surface area contributed by atoms with Gasteiger partial charge in [-0.2, -0.15) is 0 Å². The lowest BCUT2D eigenvalue weighted by Gasteiger charge is -2.08. The fraction of sp³-hybridized carbons (Fsp3) is 0.0667. The van der Waals surface area contributed by atoms with Gasteiger partial charge < -0.3 is 0 Å². The van der Waals surface area contributed by atoms with E-state index in [4.69, 9.17) is 0 Å². The van der Waals surface area contributed by atoms with Crippen molar-refractivity contribution in [2.24, 2.45) is 0 Å². The van der Waals surface area contributed by atoms with Crippen molar-refractivity contribution in [1.29, 1.82) is 0 Å². The zero-order valence-electron chi connectivity index (χ0n) is 11.3. The van der Waals surface area contributed by atoms with Crippen LogP contribution in [0.2, 0.25) is 0 Å². The maximum Gasteiger partial charge on any atom is 0.270 e. The first kappa shape index (κ1) is 16.5. The molecule has 2 N–H and O–H groups in total. The van der Waals surface area contributed by atoms with Crippen molar-refractivity contribution in [3.05, 3.63) is 64.4 Å². The summed E-state index contributed by atoms with van der Waals surface area (Å²) in [4.78, 5) is 23.9. The number of carbonyl (C=O) groups is 2. The fourth-order valence-electron chi connectivity index (χ4n) is 1.58. The third-order valence-electron chi connectivity index (χ3n) is 2.63. The van der Waals surface area contributed by atoms with Crippen LogP contribution in [0.3, 0.4) is 0 Å². The molecule has 0 spiro atoms. The van der Waals surface area contributed by atoms with Crippen LogP contribution in [0.1, 0.15) is 10.4 Å². The Kier molecular flexibility index (Phi) is 5.97. The van der Waals surface area contributed by atoms with Gasteiger partial charge in [0.15, 0.2) is 0 Å². The Hall–Kier alpha value is -1.86. The van der Waals surface area contributed by atoms with Crippen molar-refractivity contribution >= 4 is 39.5 Å². The summed E-state index contributed by atoms with van der Waals surface area (Å²) >= 11 is 4.31. The lowest BCUT2D eigenvalue weighted by atomic mass is 10.2. The van der Waals surface area contributed by atoms with Crippen molar-refractivity contribution in [3.8, 4) is 0 Å². The van der Waals surface area contributed by atoms with Gasteiger partial charge in [0, 0.05) is 9.37 Å². The largest absolute Gasteiger partial charge is 0.272 e. The van der Waals surface area contributed by atoms with E-state index in [0.717, 1.165) is 11.8 Å². The van der Waals surface area contributed by atoms with Crippen LogP contribution in [0.5, 0.6) is 0 Å². The monoisotopic (exact) mass is 382 g/mol. The van der Waals surface area contributed by atoms with E-state index >= 15 is 0 Å². The molecule has 0 aliphatic carbocycles. The van der Waals surface area contributed by atoms with E-state index < -0.39 is 11.8 Å². The highest BCUT2D eigenvalue weighted by Crippen LogP contribution is 2.20. The molecule has 0 unspecified atom stereocenters. The van der Waals surface area contributed by atoms with Crippen LogP contribution < -0.4 is 10.9 Å². The molecule has 0 aromatic heterocycles. The van der Waals surface area contributed by atoms with E-state index in [1.165, 1.54) is 6.07 Å². The number of hydrogen-bond donors (Lipinski definition) is 2. The molecule has 0 atom stereocenters. The van der Waals surface area contributed by atoms with Gasteiger partial charge in [-0.1, -0.05) is 24.3 Å². The normalized spacial score (nSPS) is 10.1. The summed E-state index contributed by atoms with van der Waals surface area (Å²) in [5.74, 6) is -1.24. The lowest BCUT2D eigenvalue weighted by molar-refractivity contribution is -0.119. The summed E-state index contributed by atoms with van der Waals surface area (Å²) in [6, 6.07) is 13.0. The summed E-state index contributed by atoms with van der Waals surface area (Å²) in [6.07, 6.45) is 0. The maximum absolute atomic E-state index is 13.4. The number of carbonyl (C=O) groups excluding carboxylic acids is 2. The highest BCUT2D eigenvalue weighted by Gasteiger charge is 2.11. The molecule has 22 heavy (non-hydrogen) atoms. The number of hydrogen-bond acceptors (Lipinski definition) is 3. The van der Waals surface area contributed by atoms with E-state index in [0.29, 0.717) is 14.9 Å². The van der Waals surface area contributed by atoms with Crippen LogP contribution in [-0.2, 0) is 4.79 Å². The quantitative estimate of drug-likeness (QED) is 0.630. The third kappa shape index (κ3) is 4.57. The van der Waals surface area contributed by atoms with Gasteiger partial charge in [0.1, 0.15) is 5.82 Å². The van der Waals surface area contributed by atoms with Gasteiger partial charge in [-0.05, 0) is 40.2 Å². The van der Waals surface area contributed by atoms with Gasteiger partial charge in [-0.3, -0.25) is 20.4 Å². The summed E-state index contributed by atoms with van der Waals surface area (Å²) in [5.41, 5.74) is 5.02. The van der Waals surface area contributed by atoms with Crippen molar-refractivity contribution in [3.63, 3.8) is 0 Å². The van der Waals surface area contributed by atoms with Gasteiger partial charge in [-0.25, -0.2) is 4.39 Å².